The maximum absolute atomic E-state index is 9.72. The molecule has 88 valence electrons. The number of aliphatic hydroxyl groups is 1. The Kier molecular flexibility index (Phi) is 2.61. The fourth-order valence-electron chi connectivity index (χ4n) is 2.19. The zero-order valence-corrected chi connectivity index (χ0v) is 9.93. The van der Waals surface area contributed by atoms with Gasteiger partial charge in [-0.2, -0.15) is 0 Å². The Labute approximate surface area is 104 Å². The van der Waals surface area contributed by atoms with Gasteiger partial charge in [0.05, 0.1) is 18.3 Å². The Morgan fingerprint density at radius 2 is 2.29 bits per heavy atom. The molecule has 0 fully saturated rings. The minimum atomic E-state index is -0.324. The maximum atomic E-state index is 9.72. The number of imidazole rings is 1. The van der Waals surface area contributed by atoms with E-state index in [-0.39, 0.29) is 6.10 Å². The summed E-state index contributed by atoms with van der Waals surface area (Å²) in [5.41, 5.74) is 1.78. The number of rotatable bonds is 1. The number of fused-ring (bicyclic) bond motifs is 1. The first-order chi connectivity index (χ1) is 8.25. The number of halogens is 1. The van der Waals surface area contributed by atoms with E-state index >= 15 is 0 Å². The van der Waals surface area contributed by atoms with E-state index in [1.807, 2.05) is 22.8 Å². The van der Waals surface area contributed by atoms with Crippen LogP contribution in [0, 0.1) is 0 Å². The van der Waals surface area contributed by atoms with Gasteiger partial charge < -0.3 is 9.67 Å². The van der Waals surface area contributed by atoms with E-state index < -0.39 is 0 Å². The highest BCUT2D eigenvalue weighted by molar-refractivity contribution is 6.30. The summed E-state index contributed by atoms with van der Waals surface area (Å²) in [7, 11) is 0. The third-order valence-corrected chi connectivity index (χ3v) is 3.33. The molecule has 1 atom stereocenters. The molecule has 17 heavy (non-hydrogen) atoms. The lowest BCUT2D eigenvalue weighted by molar-refractivity contribution is 0.132. The summed E-state index contributed by atoms with van der Waals surface area (Å²) >= 11 is 6.12. The summed E-state index contributed by atoms with van der Waals surface area (Å²) in [6.07, 6.45) is 2.91. The largest absolute Gasteiger partial charge is 0.391 e. The van der Waals surface area contributed by atoms with Crippen LogP contribution in [0.2, 0.25) is 5.15 Å². The summed E-state index contributed by atoms with van der Waals surface area (Å²) < 4.78 is 1.97. The summed E-state index contributed by atoms with van der Waals surface area (Å²) in [6, 6.07) is 5.67. The van der Waals surface area contributed by atoms with Gasteiger partial charge in [0, 0.05) is 6.20 Å². The highest BCUT2D eigenvalue weighted by atomic mass is 35.5. The molecule has 0 aromatic carbocycles. The fraction of sp³-hybridized carbons (Fsp3) is 0.333. The van der Waals surface area contributed by atoms with Gasteiger partial charge >= 0.3 is 0 Å². The molecule has 2 aromatic rings. The van der Waals surface area contributed by atoms with Gasteiger partial charge in [0.15, 0.2) is 11.0 Å². The summed E-state index contributed by atoms with van der Waals surface area (Å²) in [6.45, 7) is 0.543. The normalized spacial score (nSPS) is 19.1. The number of nitrogens with zero attached hydrogens (tertiary/aromatic N) is 3. The van der Waals surface area contributed by atoms with Crippen LogP contribution in [0.25, 0.3) is 11.5 Å². The second-order valence-electron chi connectivity index (χ2n) is 4.19. The molecule has 2 aromatic heterocycles. The molecule has 0 saturated carbocycles. The molecule has 0 amide bonds. The molecule has 1 unspecified atom stereocenters. The van der Waals surface area contributed by atoms with E-state index in [4.69, 9.17) is 11.6 Å². The molecule has 0 aliphatic carbocycles. The van der Waals surface area contributed by atoms with E-state index in [2.05, 4.69) is 9.97 Å². The summed E-state index contributed by atoms with van der Waals surface area (Å²) in [5.74, 6) is 0.740. The van der Waals surface area contributed by atoms with Gasteiger partial charge in [-0.25, -0.2) is 4.98 Å². The average Bonchev–Trinajstić information content (AvgIpc) is 2.67. The van der Waals surface area contributed by atoms with Crippen molar-refractivity contribution in [3.8, 4) is 11.5 Å². The predicted octanol–water partition coefficient (Wildman–Crippen LogP) is 1.91. The van der Waals surface area contributed by atoms with Crippen LogP contribution in [0.1, 0.15) is 12.1 Å². The van der Waals surface area contributed by atoms with Crippen molar-refractivity contribution in [3.63, 3.8) is 0 Å². The average molecular weight is 250 g/mol. The third kappa shape index (κ3) is 1.83. The van der Waals surface area contributed by atoms with Gasteiger partial charge in [0.2, 0.25) is 0 Å². The van der Waals surface area contributed by atoms with Crippen molar-refractivity contribution in [2.24, 2.45) is 0 Å². The topological polar surface area (TPSA) is 50.9 Å². The lowest BCUT2D eigenvalue weighted by Gasteiger charge is -2.21. The first-order valence-electron chi connectivity index (χ1n) is 5.60. The number of aromatic nitrogens is 3. The monoisotopic (exact) mass is 249 g/mol. The maximum Gasteiger partial charge on any atom is 0.160 e. The Morgan fingerprint density at radius 1 is 1.41 bits per heavy atom. The summed E-state index contributed by atoms with van der Waals surface area (Å²) in [4.78, 5) is 8.62. The van der Waals surface area contributed by atoms with Gasteiger partial charge in [-0.05, 0) is 25.0 Å². The van der Waals surface area contributed by atoms with Crippen molar-refractivity contribution < 1.29 is 5.11 Å². The Hall–Kier alpha value is -1.39. The second-order valence-corrected chi connectivity index (χ2v) is 4.55. The van der Waals surface area contributed by atoms with Crippen molar-refractivity contribution in [1.82, 2.24) is 14.5 Å². The molecule has 5 heteroatoms. The SMILES string of the molecule is OC1CCc2c(Cl)nc(-c3ccccn3)n2C1. The zero-order valence-electron chi connectivity index (χ0n) is 9.17. The van der Waals surface area contributed by atoms with Crippen molar-refractivity contribution in [2.75, 3.05) is 0 Å². The van der Waals surface area contributed by atoms with Gasteiger partial charge in [-0.3, -0.25) is 4.98 Å². The summed E-state index contributed by atoms with van der Waals surface area (Å²) in [5, 5.41) is 10.2. The van der Waals surface area contributed by atoms with Gasteiger partial charge in [0.1, 0.15) is 5.69 Å². The molecule has 1 aliphatic rings. The fourth-order valence-corrected chi connectivity index (χ4v) is 2.46. The molecule has 0 bridgehead atoms. The molecule has 4 nitrogen and oxygen atoms in total. The van der Waals surface area contributed by atoms with Crippen LogP contribution in [-0.4, -0.2) is 25.7 Å². The molecule has 0 saturated heterocycles. The molecule has 1 aliphatic heterocycles. The zero-order chi connectivity index (χ0) is 11.8. The lowest BCUT2D eigenvalue weighted by atomic mass is 10.1. The molecule has 1 N–H and O–H groups in total. The smallest absolute Gasteiger partial charge is 0.160 e. The van der Waals surface area contributed by atoms with Crippen LogP contribution in [0.15, 0.2) is 24.4 Å². The number of hydrogen-bond acceptors (Lipinski definition) is 3. The first kappa shape index (κ1) is 10.7. The standard InChI is InChI=1S/C12H12ClN3O/c13-11-10-5-4-8(17)7-16(10)12(15-11)9-3-1-2-6-14-9/h1-3,6,8,17H,4-5,7H2. The minimum absolute atomic E-state index is 0.324. The third-order valence-electron chi connectivity index (χ3n) is 3.03. The highest BCUT2D eigenvalue weighted by Gasteiger charge is 2.24. The van der Waals surface area contributed by atoms with E-state index in [0.717, 1.165) is 30.1 Å². The van der Waals surface area contributed by atoms with Crippen molar-refractivity contribution in [3.05, 3.63) is 35.2 Å². The van der Waals surface area contributed by atoms with E-state index in [1.54, 1.807) is 6.20 Å². The van der Waals surface area contributed by atoms with Crippen LogP contribution in [0.3, 0.4) is 0 Å². The van der Waals surface area contributed by atoms with Gasteiger partial charge in [-0.15, -0.1) is 0 Å². The van der Waals surface area contributed by atoms with Crippen LogP contribution >= 0.6 is 11.6 Å². The van der Waals surface area contributed by atoms with E-state index in [9.17, 15) is 5.11 Å². The Balaban J connectivity index is 2.13. The van der Waals surface area contributed by atoms with Crippen LogP contribution in [-0.2, 0) is 13.0 Å². The van der Waals surface area contributed by atoms with Gasteiger partial charge in [-0.1, -0.05) is 17.7 Å². The molecular formula is C12H12ClN3O. The lowest BCUT2D eigenvalue weighted by Crippen LogP contribution is -2.24. The van der Waals surface area contributed by atoms with Crippen molar-refractivity contribution in [1.29, 1.82) is 0 Å². The number of aliphatic hydroxyl groups excluding tert-OH is 1. The van der Waals surface area contributed by atoms with Gasteiger partial charge in [0.25, 0.3) is 0 Å². The Bertz CT molecular complexity index is 538. The van der Waals surface area contributed by atoms with Crippen LogP contribution in [0.4, 0.5) is 0 Å². The van der Waals surface area contributed by atoms with Crippen molar-refractivity contribution >= 4 is 11.6 Å². The second kappa shape index (κ2) is 4.13. The van der Waals surface area contributed by atoms with Crippen LogP contribution < -0.4 is 0 Å². The minimum Gasteiger partial charge on any atom is -0.391 e. The predicted molar refractivity (Wildman–Crippen MR) is 64.8 cm³/mol. The molecule has 3 heterocycles. The molecule has 0 spiro atoms. The van der Waals surface area contributed by atoms with E-state index in [1.165, 1.54) is 0 Å². The molecular weight excluding hydrogens is 238 g/mol. The molecule has 0 radical (unpaired) electrons. The first-order valence-corrected chi connectivity index (χ1v) is 5.98. The number of pyridine rings is 1. The Morgan fingerprint density at radius 3 is 3.06 bits per heavy atom. The quantitative estimate of drug-likeness (QED) is 0.840. The molecule has 3 rings (SSSR count). The van der Waals surface area contributed by atoms with Crippen molar-refractivity contribution in [2.45, 2.75) is 25.5 Å². The highest BCUT2D eigenvalue weighted by Crippen LogP contribution is 2.29. The number of hydrogen-bond donors (Lipinski definition) is 1. The van der Waals surface area contributed by atoms with Crippen LogP contribution in [0.5, 0.6) is 0 Å². The van der Waals surface area contributed by atoms with E-state index in [0.29, 0.717) is 11.7 Å².